The van der Waals surface area contributed by atoms with Gasteiger partial charge in [0.15, 0.2) is 0 Å². The second kappa shape index (κ2) is 9.31. The molecule has 0 aliphatic rings. The molecule has 5 heteroatoms. The molecule has 0 bridgehead atoms. The first-order chi connectivity index (χ1) is 13.2. The Morgan fingerprint density at radius 2 is 1.39 bits per heavy atom. The number of carbonyl (C=O) groups is 3. The Balaban J connectivity index is 1.90. The summed E-state index contributed by atoms with van der Waals surface area (Å²) in [5, 5.41) is 0. The van der Waals surface area contributed by atoms with Crippen LogP contribution in [0.2, 0.25) is 0 Å². The molecule has 0 aromatic heterocycles. The van der Waals surface area contributed by atoms with Gasteiger partial charge in [0.2, 0.25) is 5.78 Å². The Bertz CT molecular complexity index is 827. The van der Waals surface area contributed by atoms with E-state index in [0.29, 0.717) is 12.2 Å². The second-order valence-corrected chi connectivity index (χ2v) is 7.66. The highest BCUT2D eigenvalue weighted by molar-refractivity contribution is 6.32. The number of aryl methyl sites for hydroxylation is 1. The van der Waals surface area contributed by atoms with E-state index >= 15 is 0 Å². The van der Waals surface area contributed by atoms with Crippen molar-refractivity contribution < 1.29 is 23.9 Å². The molecule has 0 fully saturated rings. The summed E-state index contributed by atoms with van der Waals surface area (Å²) in [7, 11) is 0. The summed E-state index contributed by atoms with van der Waals surface area (Å²) in [5.41, 5.74) is 2.66. The summed E-state index contributed by atoms with van der Waals surface area (Å²) in [5.74, 6) is -1.10. The first-order valence-electron chi connectivity index (χ1n) is 9.26. The zero-order valence-corrected chi connectivity index (χ0v) is 16.8. The highest BCUT2D eigenvalue weighted by Crippen LogP contribution is 2.25. The average Bonchev–Trinajstić information content (AvgIpc) is 2.65. The number of hydrogen-bond acceptors (Lipinski definition) is 5. The van der Waals surface area contributed by atoms with Gasteiger partial charge in [-0.15, -0.1) is 0 Å². The van der Waals surface area contributed by atoms with Crippen molar-refractivity contribution in [2.24, 2.45) is 5.41 Å². The molecule has 5 nitrogen and oxygen atoms in total. The number of carbonyl (C=O) groups excluding carboxylic acids is 3. The molecule has 0 N–H and O–H groups in total. The maximum Gasteiger partial charge on any atom is 0.374 e. The third-order valence-corrected chi connectivity index (χ3v) is 4.09. The summed E-state index contributed by atoms with van der Waals surface area (Å²) in [6.07, 6.45) is 1.42. The van der Waals surface area contributed by atoms with Crippen LogP contribution < -0.4 is 4.74 Å². The number of rotatable bonds is 7. The Labute approximate surface area is 165 Å². The quantitative estimate of drug-likeness (QED) is 0.308. The molecule has 0 atom stereocenters. The third kappa shape index (κ3) is 6.34. The minimum Gasteiger partial charge on any atom is -0.460 e. The van der Waals surface area contributed by atoms with E-state index in [1.807, 2.05) is 57.2 Å². The predicted molar refractivity (Wildman–Crippen MR) is 107 cm³/mol. The fourth-order valence-electron chi connectivity index (χ4n) is 2.38. The van der Waals surface area contributed by atoms with E-state index in [1.54, 1.807) is 12.1 Å². The van der Waals surface area contributed by atoms with Crippen LogP contribution in [0.15, 0.2) is 48.5 Å². The lowest BCUT2D eigenvalue weighted by Crippen LogP contribution is -2.25. The fourth-order valence-corrected chi connectivity index (χ4v) is 2.38. The van der Waals surface area contributed by atoms with Gasteiger partial charge in [-0.2, -0.15) is 0 Å². The number of hydrogen-bond donors (Lipinski definition) is 0. The summed E-state index contributed by atoms with van der Waals surface area (Å²) in [4.78, 5) is 33.8. The average molecular weight is 382 g/mol. The molecule has 0 heterocycles. The molecule has 0 amide bonds. The summed E-state index contributed by atoms with van der Waals surface area (Å²) < 4.78 is 10.2. The van der Waals surface area contributed by atoms with Crippen LogP contribution in [0.5, 0.6) is 5.75 Å². The molecule has 0 unspecified atom stereocenters. The molecule has 0 radical (unpaired) electrons. The van der Waals surface area contributed by atoms with Crippen molar-refractivity contribution in [2.75, 3.05) is 6.61 Å². The number of ether oxygens (including phenoxy) is 2. The molecule has 0 aliphatic carbocycles. The van der Waals surface area contributed by atoms with Gasteiger partial charge in [0.1, 0.15) is 5.75 Å². The molecule has 28 heavy (non-hydrogen) atoms. The zero-order valence-electron chi connectivity index (χ0n) is 16.8. The van der Waals surface area contributed by atoms with Crippen LogP contribution >= 0.6 is 0 Å². The van der Waals surface area contributed by atoms with E-state index in [9.17, 15) is 14.4 Å². The van der Waals surface area contributed by atoms with Crippen LogP contribution in [0, 0.1) is 5.41 Å². The molecule has 0 saturated heterocycles. The minimum atomic E-state index is -0.785. The molecule has 0 saturated carbocycles. The van der Waals surface area contributed by atoms with Gasteiger partial charge in [0, 0.05) is 6.92 Å². The van der Waals surface area contributed by atoms with Crippen molar-refractivity contribution >= 4 is 17.7 Å². The molecule has 0 aliphatic heterocycles. The van der Waals surface area contributed by atoms with E-state index in [-0.39, 0.29) is 12.6 Å². The van der Waals surface area contributed by atoms with Crippen LogP contribution in [0.1, 0.15) is 39.7 Å². The van der Waals surface area contributed by atoms with E-state index in [0.717, 1.165) is 23.1 Å². The van der Waals surface area contributed by atoms with E-state index < -0.39 is 17.2 Å². The Morgan fingerprint density at radius 1 is 0.857 bits per heavy atom. The van der Waals surface area contributed by atoms with Crippen LogP contribution in [0.3, 0.4) is 0 Å². The standard InChI is InChI=1S/C23H26O5/c1-16(24)21(25)27-15-5-6-17-7-9-18(10-8-17)19-11-13-20(14-12-19)28-22(26)23(2,3)4/h7-14H,5-6,15H2,1-4H3. The summed E-state index contributed by atoms with van der Waals surface area (Å²) in [6, 6.07) is 15.5. The van der Waals surface area contributed by atoms with Crippen LogP contribution in [-0.4, -0.2) is 24.3 Å². The van der Waals surface area contributed by atoms with Crippen molar-refractivity contribution in [1.82, 2.24) is 0 Å². The zero-order chi connectivity index (χ0) is 20.7. The topological polar surface area (TPSA) is 69.7 Å². The Hall–Kier alpha value is -2.95. The number of Topliss-reactive ketones (excluding diaryl/α,β-unsaturated/α-hetero) is 1. The van der Waals surface area contributed by atoms with Gasteiger partial charge in [-0.3, -0.25) is 9.59 Å². The maximum absolute atomic E-state index is 11.9. The minimum absolute atomic E-state index is 0.231. The number of ketones is 1. The van der Waals surface area contributed by atoms with Crippen molar-refractivity contribution in [3.05, 3.63) is 54.1 Å². The number of esters is 2. The molecular formula is C23H26O5. The predicted octanol–water partition coefficient (Wildman–Crippen LogP) is 4.37. The van der Waals surface area contributed by atoms with Crippen molar-refractivity contribution in [3.63, 3.8) is 0 Å². The molecule has 0 spiro atoms. The lowest BCUT2D eigenvalue weighted by atomic mass is 9.97. The van der Waals surface area contributed by atoms with Crippen LogP contribution in [-0.2, 0) is 25.5 Å². The molecule has 148 valence electrons. The molecule has 2 aromatic rings. The van der Waals surface area contributed by atoms with Gasteiger partial charge in [0.25, 0.3) is 0 Å². The van der Waals surface area contributed by atoms with Gasteiger partial charge in [0.05, 0.1) is 12.0 Å². The van der Waals surface area contributed by atoms with Crippen molar-refractivity contribution in [2.45, 2.75) is 40.5 Å². The Kier molecular flexibility index (Phi) is 7.10. The van der Waals surface area contributed by atoms with Gasteiger partial charge in [-0.05, 0) is 62.4 Å². The van der Waals surface area contributed by atoms with E-state index in [4.69, 9.17) is 9.47 Å². The third-order valence-electron chi connectivity index (χ3n) is 4.09. The first kappa shape index (κ1) is 21.4. The van der Waals surface area contributed by atoms with Crippen molar-refractivity contribution in [1.29, 1.82) is 0 Å². The van der Waals surface area contributed by atoms with Gasteiger partial charge < -0.3 is 9.47 Å². The summed E-state index contributed by atoms with van der Waals surface area (Å²) >= 11 is 0. The normalized spacial score (nSPS) is 11.0. The first-order valence-corrected chi connectivity index (χ1v) is 9.26. The van der Waals surface area contributed by atoms with Gasteiger partial charge in [-0.1, -0.05) is 36.4 Å². The fraction of sp³-hybridized carbons (Fsp3) is 0.348. The monoisotopic (exact) mass is 382 g/mol. The van der Waals surface area contributed by atoms with Crippen LogP contribution in [0.4, 0.5) is 0 Å². The van der Waals surface area contributed by atoms with Crippen LogP contribution in [0.25, 0.3) is 11.1 Å². The van der Waals surface area contributed by atoms with Gasteiger partial charge in [-0.25, -0.2) is 4.79 Å². The highest BCUT2D eigenvalue weighted by atomic mass is 16.5. The molecule has 2 rings (SSSR count). The largest absolute Gasteiger partial charge is 0.460 e. The second-order valence-electron chi connectivity index (χ2n) is 7.66. The van der Waals surface area contributed by atoms with Crippen molar-refractivity contribution in [3.8, 4) is 16.9 Å². The number of benzene rings is 2. The smallest absolute Gasteiger partial charge is 0.374 e. The SMILES string of the molecule is CC(=O)C(=O)OCCCc1ccc(-c2ccc(OC(=O)C(C)(C)C)cc2)cc1. The van der Waals surface area contributed by atoms with E-state index in [1.165, 1.54) is 6.92 Å². The van der Waals surface area contributed by atoms with Gasteiger partial charge >= 0.3 is 11.9 Å². The molecule has 2 aromatic carbocycles. The summed E-state index contributed by atoms with van der Waals surface area (Å²) in [6.45, 7) is 6.88. The van der Waals surface area contributed by atoms with E-state index in [2.05, 4.69) is 0 Å². The highest BCUT2D eigenvalue weighted by Gasteiger charge is 2.23. The molecular weight excluding hydrogens is 356 g/mol. The lowest BCUT2D eigenvalue weighted by molar-refractivity contribution is -0.153. The maximum atomic E-state index is 11.9. The Morgan fingerprint density at radius 3 is 1.89 bits per heavy atom. The lowest BCUT2D eigenvalue weighted by Gasteiger charge is -2.16.